The summed E-state index contributed by atoms with van der Waals surface area (Å²) < 4.78 is 1.05. The van der Waals surface area contributed by atoms with E-state index in [0.717, 1.165) is 4.68 Å². The van der Waals surface area contributed by atoms with Gasteiger partial charge in [0.2, 0.25) is 5.82 Å². The van der Waals surface area contributed by atoms with Crippen LogP contribution in [0.4, 0.5) is 5.82 Å². The van der Waals surface area contributed by atoms with Gasteiger partial charge in [-0.05, 0) is 0 Å². The molecular formula is C5H8N4O2. The highest BCUT2D eigenvalue weighted by Gasteiger charge is 1.99. The Morgan fingerprint density at radius 1 is 1.55 bits per heavy atom. The van der Waals surface area contributed by atoms with Gasteiger partial charge in [-0.1, -0.05) is 0 Å². The van der Waals surface area contributed by atoms with Crippen molar-refractivity contribution in [1.82, 2.24) is 14.8 Å². The molecule has 0 saturated carbocycles. The van der Waals surface area contributed by atoms with E-state index in [1.165, 1.54) is 7.05 Å². The molecule has 0 amide bonds. The number of rotatable bonds is 1. The number of H-pyrrole nitrogens is 1. The predicted octanol–water partition coefficient (Wildman–Crippen LogP) is -1.49. The van der Waals surface area contributed by atoms with Crippen LogP contribution in [-0.4, -0.2) is 21.8 Å². The van der Waals surface area contributed by atoms with Crippen LogP contribution in [0.25, 0.3) is 0 Å². The number of nitrogens with zero attached hydrogens (tertiary/aromatic N) is 2. The summed E-state index contributed by atoms with van der Waals surface area (Å²) >= 11 is 0. The Bertz CT molecular complexity index is 363. The van der Waals surface area contributed by atoms with Crippen molar-refractivity contribution in [3.63, 3.8) is 0 Å². The molecule has 1 rings (SSSR count). The molecule has 1 heterocycles. The van der Waals surface area contributed by atoms with E-state index in [1.54, 1.807) is 7.05 Å². The van der Waals surface area contributed by atoms with Crippen molar-refractivity contribution in [2.24, 2.45) is 7.05 Å². The van der Waals surface area contributed by atoms with Crippen LogP contribution in [0.5, 0.6) is 0 Å². The summed E-state index contributed by atoms with van der Waals surface area (Å²) in [5.74, 6) is 0.132. The zero-order chi connectivity index (χ0) is 8.43. The van der Waals surface area contributed by atoms with Crippen LogP contribution in [0.3, 0.4) is 0 Å². The first-order valence-electron chi connectivity index (χ1n) is 3.00. The van der Waals surface area contributed by atoms with Crippen molar-refractivity contribution in [2.75, 3.05) is 12.4 Å². The summed E-state index contributed by atoms with van der Waals surface area (Å²) in [6.07, 6.45) is 0. The summed E-state index contributed by atoms with van der Waals surface area (Å²) in [4.78, 5) is 23.6. The molecule has 0 aromatic carbocycles. The average Bonchev–Trinajstić information content (AvgIpc) is 1.97. The minimum atomic E-state index is -0.519. The Labute approximate surface area is 61.9 Å². The lowest BCUT2D eigenvalue weighted by atomic mass is 10.7. The van der Waals surface area contributed by atoms with E-state index >= 15 is 0 Å². The van der Waals surface area contributed by atoms with Crippen LogP contribution in [0.15, 0.2) is 9.59 Å². The zero-order valence-corrected chi connectivity index (χ0v) is 6.21. The molecule has 6 heteroatoms. The largest absolute Gasteiger partial charge is 0.367 e. The van der Waals surface area contributed by atoms with E-state index in [9.17, 15) is 9.59 Å². The smallest absolute Gasteiger partial charge is 0.344 e. The highest BCUT2D eigenvalue weighted by molar-refractivity contribution is 5.26. The van der Waals surface area contributed by atoms with E-state index in [0.29, 0.717) is 0 Å². The fourth-order valence-electron chi connectivity index (χ4n) is 0.642. The van der Waals surface area contributed by atoms with Crippen molar-refractivity contribution in [3.8, 4) is 0 Å². The molecule has 0 unspecified atom stereocenters. The van der Waals surface area contributed by atoms with Gasteiger partial charge in [0.1, 0.15) is 0 Å². The number of anilines is 1. The average molecular weight is 156 g/mol. The number of aryl methyl sites for hydroxylation is 1. The van der Waals surface area contributed by atoms with Gasteiger partial charge < -0.3 is 5.32 Å². The quantitative estimate of drug-likeness (QED) is 0.519. The van der Waals surface area contributed by atoms with Crippen molar-refractivity contribution >= 4 is 5.82 Å². The molecule has 0 aliphatic rings. The maximum absolute atomic E-state index is 10.8. The fourth-order valence-corrected chi connectivity index (χ4v) is 0.642. The number of aromatic amines is 1. The normalized spacial score (nSPS) is 9.64. The van der Waals surface area contributed by atoms with Gasteiger partial charge in [0.25, 0.3) is 5.56 Å². The van der Waals surface area contributed by atoms with Gasteiger partial charge in [-0.25, -0.2) is 9.48 Å². The van der Waals surface area contributed by atoms with Gasteiger partial charge in [-0.2, -0.15) is 0 Å². The molecule has 11 heavy (non-hydrogen) atoms. The summed E-state index contributed by atoms with van der Waals surface area (Å²) in [6.45, 7) is 0. The van der Waals surface area contributed by atoms with E-state index in [4.69, 9.17) is 0 Å². The maximum atomic E-state index is 10.8. The monoisotopic (exact) mass is 156 g/mol. The zero-order valence-electron chi connectivity index (χ0n) is 6.21. The molecule has 0 saturated heterocycles. The van der Waals surface area contributed by atoms with Crippen LogP contribution in [0, 0.1) is 0 Å². The molecule has 0 spiro atoms. The minimum absolute atomic E-state index is 0.132. The van der Waals surface area contributed by atoms with Crippen LogP contribution < -0.4 is 16.6 Å². The van der Waals surface area contributed by atoms with Gasteiger partial charge in [0.05, 0.1) is 0 Å². The molecule has 1 aromatic heterocycles. The molecule has 0 atom stereocenters. The summed E-state index contributed by atoms with van der Waals surface area (Å²) in [5.41, 5.74) is -1.02. The topological polar surface area (TPSA) is 79.8 Å². The SMILES string of the molecule is CNc1nn(C)c(=O)[nH]c1=O. The van der Waals surface area contributed by atoms with Crippen molar-refractivity contribution in [1.29, 1.82) is 0 Å². The molecular weight excluding hydrogens is 148 g/mol. The Balaban J connectivity index is 3.45. The molecule has 60 valence electrons. The number of hydrogen-bond acceptors (Lipinski definition) is 4. The van der Waals surface area contributed by atoms with E-state index in [-0.39, 0.29) is 5.82 Å². The Hall–Kier alpha value is -1.59. The first-order valence-corrected chi connectivity index (χ1v) is 3.00. The molecule has 2 N–H and O–H groups in total. The second-order valence-electron chi connectivity index (χ2n) is 1.98. The molecule has 0 bridgehead atoms. The molecule has 0 aliphatic heterocycles. The second-order valence-corrected chi connectivity index (χ2v) is 1.98. The molecule has 0 radical (unpaired) electrons. The van der Waals surface area contributed by atoms with Crippen LogP contribution in [0.1, 0.15) is 0 Å². The highest BCUT2D eigenvalue weighted by atomic mass is 16.2. The van der Waals surface area contributed by atoms with Gasteiger partial charge in [-0.3, -0.25) is 9.78 Å². The molecule has 0 aliphatic carbocycles. The first kappa shape index (κ1) is 7.52. The van der Waals surface area contributed by atoms with E-state index < -0.39 is 11.2 Å². The summed E-state index contributed by atoms with van der Waals surface area (Å²) in [7, 11) is 3.02. The van der Waals surface area contributed by atoms with Crippen molar-refractivity contribution in [2.45, 2.75) is 0 Å². The maximum Gasteiger partial charge on any atom is 0.344 e. The standard InChI is InChI=1S/C5H8N4O2/c1-6-3-4(10)7-5(11)9(2)8-3/h1-2H3,(H,6,8)(H,7,10,11). The summed E-state index contributed by atoms with van der Waals surface area (Å²) in [6, 6.07) is 0. The lowest BCUT2D eigenvalue weighted by Crippen LogP contribution is -2.32. The predicted molar refractivity (Wildman–Crippen MR) is 39.6 cm³/mol. The van der Waals surface area contributed by atoms with Gasteiger partial charge in [0, 0.05) is 14.1 Å². The Morgan fingerprint density at radius 2 is 2.18 bits per heavy atom. The highest BCUT2D eigenvalue weighted by Crippen LogP contribution is 1.81. The van der Waals surface area contributed by atoms with E-state index in [1.807, 2.05) is 0 Å². The third-order valence-electron chi connectivity index (χ3n) is 1.22. The molecule has 1 aromatic rings. The minimum Gasteiger partial charge on any atom is -0.367 e. The van der Waals surface area contributed by atoms with Gasteiger partial charge in [0.15, 0.2) is 0 Å². The number of nitrogens with one attached hydrogen (secondary N) is 2. The van der Waals surface area contributed by atoms with E-state index in [2.05, 4.69) is 15.4 Å². The Morgan fingerprint density at radius 3 is 2.73 bits per heavy atom. The van der Waals surface area contributed by atoms with Crippen LogP contribution >= 0.6 is 0 Å². The van der Waals surface area contributed by atoms with Crippen molar-refractivity contribution in [3.05, 3.63) is 20.8 Å². The summed E-state index contributed by atoms with van der Waals surface area (Å²) in [5, 5.41) is 6.19. The second kappa shape index (κ2) is 2.57. The fraction of sp³-hybridized carbons (Fsp3) is 0.400. The first-order chi connectivity index (χ1) is 5.15. The van der Waals surface area contributed by atoms with Gasteiger partial charge >= 0.3 is 5.69 Å². The molecule has 6 nitrogen and oxygen atoms in total. The lowest BCUT2D eigenvalue weighted by molar-refractivity contribution is 0.671. The third-order valence-corrected chi connectivity index (χ3v) is 1.22. The number of hydrogen-bond donors (Lipinski definition) is 2. The van der Waals surface area contributed by atoms with Crippen LogP contribution in [0.2, 0.25) is 0 Å². The van der Waals surface area contributed by atoms with Crippen molar-refractivity contribution < 1.29 is 0 Å². The van der Waals surface area contributed by atoms with Gasteiger partial charge in [-0.15, -0.1) is 5.10 Å². The third kappa shape index (κ3) is 1.28. The Kier molecular flexibility index (Phi) is 1.75. The van der Waals surface area contributed by atoms with Crippen LogP contribution in [-0.2, 0) is 7.05 Å². The molecule has 0 fully saturated rings. The lowest BCUT2D eigenvalue weighted by Gasteiger charge is -1.97. The number of aromatic nitrogens is 3.